The summed E-state index contributed by atoms with van der Waals surface area (Å²) in [6, 6.07) is 15.8. The molecule has 25 heavy (non-hydrogen) atoms. The van der Waals surface area contributed by atoms with Crippen molar-refractivity contribution in [3.63, 3.8) is 0 Å². The number of hydrogen-bond acceptors (Lipinski definition) is 6. The van der Waals surface area contributed by atoms with Crippen LogP contribution in [0.1, 0.15) is 25.3 Å². The Morgan fingerprint density at radius 2 is 1.76 bits per heavy atom. The number of hydrogen-bond donors (Lipinski definition) is 2. The lowest BCUT2D eigenvalue weighted by molar-refractivity contribution is 0.415. The van der Waals surface area contributed by atoms with E-state index in [1.54, 1.807) is 13.3 Å². The Morgan fingerprint density at radius 1 is 0.960 bits per heavy atom. The second-order valence-electron chi connectivity index (χ2n) is 5.92. The summed E-state index contributed by atoms with van der Waals surface area (Å²) in [5, 5.41) is 14.4. The minimum atomic E-state index is 0.435. The molecule has 0 bridgehead atoms. The van der Waals surface area contributed by atoms with E-state index in [-0.39, 0.29) is 0 Å². The number of nitrogens with one attached hydrogen (secondary N) is 2. The van der Waals surface area contributed by atoms with Crippen LogP contribution >= 0.6 is 0 Å². The molecule has 0 fully saturated rings. The van der Waals surface area contributed by atoms with E-state index in [0.29, 0.717) is 17.7 Å². The summed E-state index contributed by atoms with van der Waals surface area (Å²) in [4.78, 5) is 4.44. The number of benzene rings is 2. The van der Waals surface area contributed by atoms with Crippen molar-refractivity contribution in [2.75, 3.05) is 17.7 Å². The molecule has 2 N–H and O–H groups in total. The predicted octanol–water partition coefficient (Wildman–Crippen LogP) is 4.49. The smallest absolute Gasteiger partial charge is 0.249 e. The molecule has 1 heterocycles. The zero-order chi connectivity index (χ0) is 17.6. The molecule has 0 radical (unpaired) electrons. The van der Waals surface area contributed by atoms with Gasteiger partial charge >= 0.3 is 0 Å². The van der Waals surface area contributed by atoms with Gasteiger partial charge in [0.1, 0.15) is 5.75 Å². The van der Waals surface area contributed by atoms with Gasteiger partial charge in [0, 0.05) is 17.4 Å². The highest BCUT2D eigenvalue weighted by Crippen LogP contribution is 2.22. The van der Waals surface area contributed by atoms with Crippen molar-refractivity contribution in [3.05, 3.63) is 60.3 Å². The number of nitrogens with zero attached hydrogens (tertiary/aromatic N) is 3. The molecule has 6 heteroatoms. The number of rotatable bonds is 6. The van der Waals surface area contributed by atoms with Crippen molar-refractivity contribution >= 4 is 23.1 Å². The molecule has 0 spiro atoms. The molecule has 128 valence electrons. The van der Waals surface area contributed by atoms with E-state index in [9.17, 15) is 0 Å². The quantitative estimate of drug-likeness (QED) is 0.691. The fourth-order valence-corrected chi connectivity index (χ4v) is 2.35. The van der Waals surface area contributed by atoms with E-state index in [4.69, 9.17) is 4.74 Å². The molecular formula is C19H21N5O. The number of anilines is 4. The fraction of sp³-hybridized carbons (Fsp3) is 0.211. The maximum Gasteiger partial charge on any atom is 0.249 e. The van der Waals surface area contributed by atoms with Crippen LogP contribution in [0.4, 0.5) is 23.1 Å². The Kier molecular flexibility index (Phi) is 5.09. The molecule has 0 saturated heterocycles. The van der Waals surface area contributed by atoms with Gasteiger partial charge in [-0.25, -0.2) is 0 Å². The lowest BCUT2D eigenvalue weighted by atomic mass is 10.0. The summed E-state index contributed by atoms with van der Waals surface area (Å²) in [5.41, 5.74) is 3.08. The standard InChI is InChI=1S/C19H21N5O/c1-13(2)14-7-9-15(10-8-14)22-19-23-18(12-20-24-19)21-16-5-4-6-17(11-16)25-3/h4-13H,1-3H3,(H2,21,22,23,24). The number of aromatic nitrogens is 3. The van der Waals surface area contributed by atoms with Crippen molar-refractivity contribution in [3.8, 4) is 5.75 Å². The average Bonchev–Trinajstić information content (AvgIpc) is 2.62. The van der Waals surface area contributed by atoms with E-state index in [1.165, 1.54) is 5.56 Å². The van der Waals surface area contributed by atoms with E-state index in [1.807, 2.05) is 36.4 Å². The zero-order valence-electron chi connectivity index (χ0n) is 14.5. The Labute approximate surface area is 147 Å². The van der Waals surface area contributed by atoms with Gasteiger partial charge in [0.05, 0.1) is 13.3 Å². The van der Waals surface area contributed by atoms with Crippen LogP contribution in [0.15, 0.2) is 54.7 Å². The first-order valence-electron chi connectivity index (χ1n) is 8.12. The second-order valence-corrected chi connectivity index (χ2v) is 5.92. The van der Waals surface area contributed by atoms with Crippen LogP contribution in [0.25, 0.3) is 0 Å². The summed E-state index contributed by atoms with van der Waals surface area (Å²) in [5.74, 6) is 2.31. The Balaban J connectivity index is 1.72. The third-order valence-corrected chi connectivity index (χ3v) is 3.73. The zero-order valence-corrected chi connectivity index (χ0v) is 14.5. The van der Waals surface area contributed by atoms with Crippen molar-refractivity contribution < 1.29 is 4.74 Å². The number of ether oxygens (including phenoxy) is 1. The molecule has 2 aromatic carbocycles. The lowest BCUT2D eigenvalue weighted by Gasteiger charge is -2.10. The molecule has 0 saturated carbocycles. The topological polar surface area (TPSA) is 72.0 Å². The third-order valence-electron chi connectivity index (χ3n) is 3.73. The normalized spacial score (nSPS) is 10.6. The largest absolute Gasteiger partial charge is 0.497 e. The first-order chi connectivity index (χ1) is 12.1. The van der Waals surface area contributed by atoms with E-state index in [2.05, 4.69) is 51.8 Å². The molecule has 0 atom stereocenters. The molecule has 6 nitrogen and oxygen atoms in total. The first-order valence-corrected chi connectivity index (χ1v) is 8.12. The lowest BCUT2D eigenvalue weighted by Crippen LogP contribution is -2.02. The van der Waals surface area contributed by atoms with Gasteiger partial charge in [-0.15, -0.1) is 5.10 Å². The van der Waals surface area contributed by atoms with Crippen LogP contribution in [-0.2, 0) is 0 Å². The van der Waals surface area contributed by atoms with Gasteiger partial charge in [-0.1, -0.05) is 32.0 Å². The SMILES string of the molecule is COc1cccc(Nc2cnnc(Nc3ccc(C(C)C)cc3)n2)c1. The maximum atomic E-state index is 5.22. The van der Waals surface area contributed by atoms with Gasteiger partial charge in [-0.2, -0.15) is 10.1 Å². The molecule has 3 rings (SSSR count). The Morgan fingerprint density at radius 3 is 2.48 bits per heavy atom. The molecule has 0 amide bonds. The number of methoxy groups -OCH3 is 1. The van der Waals surface area contributed by atoms with Crippen LogP contribution in [0, 0.1) is 0 Å². The minimum absolute atomic E-state index is 0.435. The maximum absolute atomic E-state index is 5.22. The molecule has 0 aliphatic rings. The molecule has 3 aromatic rings. The van der Waals surface area contributed by atoms with E-state index >= 15 is 0 Å². The van der Waals surface area contributed by atoms with Crippen molar-refractivity contribution in [1.82, 2.24) is 15.2 Å². The van der Waals surface area contributed by atoms with Crippen LogP contribution in [-0.4, -0.2) is 22.3 Å². The van der Waals surface area contributed by atoms with Crippen LogP contribution in [0.3, 0.4) is 0 Å². The van der Waals surface area contributed by atoms with Gasteiger partial charge in [-0.05, 0) is 35.7 Å². The summed E-state index contributed by atoms with van der Waals surface area (Å²) in [7, 11) is 1.64. The van der Waals surface area contributed by atoms with Gasteiger partial charge in [0.25, 0.3) is 0 Å². The molecule has 0 aliphatic heterocycles. The molecule has 0 unspecified atom stereocenters. The second kappa shape index (κ2) is 7.61. The van der Waals surface area contributed by atoms with E-state index < -0.39 is 0 Å². The summed E-state index contributed by atoms with van der Waals surface area (Å²) >= 11 is 0. The van der Waals surface area contributed by atoms with Gasteiger partial charge < -0.3 is 15.4 Å². The van der Waals surface area contributed by atoms with Crippen molar-refractivity contribution in [1.29, 1.82) is 0 Å². The van der Waals surface area contributed by atoms with Crippen LogP contribution < -0.4 is 15.4 Å². The van der Waals surface area contributed by atoms with Crippen LogP contribution in [0.2, 0.25) is 0 Å². The first kappa shape index (κ1) is 16.7. The monoisotopic (exact) mass is 335 g/mol. The summed E-state index contributed by atoms with van der Waals surface area (Å²) in [6.07, 6.45) is 1.58. The third kappa shape index (κ3) is 4.44. The molecule has 0 aliphatic carbocycles. The average molecular weight is 335 g/mol. The summed E-state index contributed by atoms with van der Waals surface area (Å²) in [6.45, 7) is 4.34. The van der Waals surface area contributed by atoms with Crippen LogP contribution in [0.5, 0.6) is 5.75 Å². The minimum Gasteiger partial charge on any atom is -0.497 e. The van der Waals surface area contributed by atoms with Crippen molar-refractivity contribution in [2.45, 2.75) is 19.8 Å². The van der Waals surface area contributed by atoms with Gasteiger partial charge in [-0.3, -0.25) is 0 Å². The summed E-state index contributed by atoms with van der Waals surface area (Å²) < 4.78 is 5.22. The Bertz CT molecular complexity index is 833. The Hall–Kier alpha value is -3.15. The predicted molar refractivity (Wildman–Crippen MR) is 99.9 cm³/mol. The van der Waals surface area contributed by atoms with E-state index in [0.717, 1.165) is 17.1 Å². The highest BCUT2D eigenvalue weighted by atomic mass is 16.5. The highest BCUT2D eigenvalue weighted by Gasteiger charge is 2.04. The fourth-order valence-electron chi connectivity index (χ4n) is 2.35. The molecule has 1 aromatic heterocycles. The molecular weight excluding hydrogens is 314 g/mol. The highest BCUT2D eigenvalue weighted by molar-refractivity contribution is 5.60. The van der Waals surface area contributed by atoms with Gasteiger partial charge in [0.2, 0.25) is 5.95 Å². The van der Waals surface area contributed by atoms with Gasteiger partial charge in [0.15, 0.2) is 5.82 Å². The van der Waals surface area contributed by atoms with Crippen molar-refractivity contribution in [2.24, 2.45) is 0 Å².